The molecule has 90 valence electrons. The molecule has 17 heavy (non-hydrogen) atoms. The highest BCUT2D eigenvalue weighted by atomic mass is 19.4. The van der Waals surface area contributed by atoms with E-state index >= 15 is 0 Å². The molecule has 6 heteroatoms. The highest BCUT2D eigenvalue weighted by Crippen LogP contribution is 2.30. The Balaban J connectivity index is 2.43. The molecule has 0 aliphatic heterocycles. The third-order valence-electron chi connectivity index (χ3n) is 2.35. The van der Waals surface area contributed by atoms with Crippen LogP contribution in [0, 0.1) is 0 Å². The summed E-state index contributed by atoms with van der Waals surface area (Å²) >= 11 is 0. The zero-order valence-corrected chi connectivity index (χ0v) is 8.78. The lowest BCUT2D eigenvalue weighted by Crippen LogP contribution is -2.13. The van der Waals surface area contributed by atoms with Crippen molar-refractivity contribution in [3.63, 3.8) is 0 Å². The third-order valence-corrected chi connectivity index (χ3v) is 2.35. The number of nitrogens with two attached hydrogens (primary N) is 1. The number of aromatic nitrogens is 2. The van der Waals surface area contributed by atoms with Crippen molar-refractivity contribution in [1.82, 2.24) is 9.78 Å². The van der Waals surface area contributed by atoms with Crippen molar-refractivity contribution in [2.45, 2.75) is 12.7 Å². The molecule has 2 rings (SSSR count). The molecule has 2 N–H and O–H groups in total. The van der Waals surface area contributed by atoms with Gasteiger partial charge >= 0.3 is 6.18 Å². The number of nitrogens with zero attached hydrogens (tertiary/aromatic N) is 2. The molecule has 1 aromatic heterocycles. The van der Waals surface area contributed by atoms with E-state index in [1.165, 1.54) is 0 Å². The van der Waals surface area contributed by atoms with Crippen LogP contribution in [-0.2, 0) is 12.7 Å². The number of alkyl halides is 3. The molecule has 2 aromatic rings. The van der Waals surface area contributed by atoms with Crippen molar-refractivity contribution in [3.8, 4) is 5.69 Å². The Kier molecular flexibility index (Phi) is 2.89. The third kappa shape index (κ3) is 2.31. The molecule has 0 fully saturated rings. The number of halogens is 3. The van der Waals surface area contributed by atoms with Crippen LogP contribution in [0.15, 0.2) is 36.5 Å². The normalized spacial score (nSPS) is 11.8. The molecular formula is C11H10F3N3. The monoisotopic (exact) mass is 241 g/mol. The van der Waals surface area contributed by atoms with Crippen molar-refractivity contribution in [3.05, 3.63) is 47.8 Å². The van der Waals surface area contributed by atoms with E-state index < -0.39 is 11.9 Å². The van der Waals surface area contributed by atoms with E-state index in [9.17, 15) is 13.2 Å². The smallest absolute Gasteiger partial charge is 0.326 e. The van der Waals surface area contributed by atoms with E-state index in [-0.39, 0.29) is 0 Å². The molecule has 0 saturated carbocycles. The summed E-state index contributed by atoms with van der Waals surface area (Å²) < 4.78 is 38.8. The lowest BCUT2D eigenvalue weighted by molar-refractivity contribution is -0.142. The summed E-state index contributed by atoms with van der Waals surface area (Å²) in [7, 11) is 0. The van der Waals surface area contributed by atoms with Gasteiger partial charge in [0.15, 0.2) is 0 Å². The van der Waals surface area contributed by atoms with Gasteiger partial charge in [-0.2, -0.15) is 18.3 Å². The lowest BCUT2D eigenvalue weighted by atomic mass is 10.2. The van der Waals surface area contributed by atoms with Gasteiger partial charge in [0.25, 0.3) is 0 Å². The van der Waals surface area contributed by atoms with Gasteiger partial charge in [-0.3, -0.25) is 0 Å². The number of rotatable bonds is 2. The van der Waals surface area contributed by atoms with E-state index in [2.05, 4.69) is 5.10 Å². The summed E-state index contributed by atoms with van der Waals surface area (Å²) in [6.07, 6.45) is -3.29. The van der Waals surface area contributed by atoms with Crippen LogP contribution in [0.2, 0.25) is 0 Å². The van der Waals surface area contributed by atoms with Crippen molar-refractivity contribution in [2.75, 3.05) is 0 Å². The van der Waals surface area contributed by atoms with Gasteiger partial charge in [0.2, 0.25) is 0 Å². The summed E-state index contributed by atoms with van der Waals surface area (Å²) in [6, 6.07) is 7.42. The quantitative estimate of drug-likeness (QED) is 0.877. The van der Waals surface area contributed by atoms with Crippen LogP contribution in [0.1, 0.15) is 11.3 Å². The zero-order chi connectivity index (χ0) is 12.5. The van der Waals surface area contributed by atoms with Crippen molar-refractivity contribution in [2.24, 2.45) is 5.73 Å². The minimum Gasteiger partial charge on any atom is -0.326 e. The summed E-state index contributed by atoms with van der Waals surface area (Å²) in [5, 5.41) is 3.67. The first-order valence-electron chi connectivity index (χ1n) is 4.93. The average molecular weight is 241 g/mol. The topological polar surface area (TPSA) is 43.8 Å². The Morgan fingerprint density at radius 1 is 1.12 bits per heavy atom. The molecule has 0 spiro atoms. The largest absolute Gasteiger partial charge is 0.433 e. The van der Waals surface area contributed by atoms with E-state index in [1.54, 1.807) is 24.3 Å². The summed E-state index contributed by atoms with van der Waals surface area (Å²) in [5.41, 5.74) is 5.84. The maximum Gasteiger partial charge on any atom is 0.433 e. The SMILES string of the molecule is NCc1ccc(-n2nccc2C(F)(F)F)cc1. The van der Waals surface area contributed by atoms with E-state index in [0.29, 0.717) is 12.2 Å². The molecule has 1 heterocycles. The first kappa shape index (κ1) is 11.7. The molecular weight excluding hydrogens is 231 g/mol. The number of benzene rings is 1. The zero-order valence-electron chi connectivity index (χ0n) is 8.78. The molecule has 0 bridgehead atoms. The lowest BCUT2D eigenvalue weighted by Gasteiger charge is -2.10. The fourth-order valence-corrected chi connectivity index (χ4v) is 1.50. The van der Waals surface area contributed by atoms with E-state index in [4.69, 9.17) is 5.73 Å². The van der Waals surface area contributed by atoms with Crippen LogP contribution in [0.3, 0.4) is 0 Å². The Morgan fingerprint density at radius 3 is 2.29 bits per heavy atom. The van der Waals surface area contributed by atoms with Gasteiger partial charge in [-0.1, -0.05) is 12.1 Å². The first-order valence-corrected chi connectivity index (χ1v) is 4.93. The Labute approximate surface area is 95.7 Å². The maximum atomic E-state index is 12.6. The molecule has 0 aliphatic rings. The molecule has 0 saturated heterocycles. The van der Waals surface area contributed by atoms with Crippen LogP contribution in [0.25, 0.3) is 5.69 Å². The average Bonchev–Trinajstić information content (AvgIpc) is 2.78. The minimum atomic E-state index is -4.41. The molecule has 0 atom stereocenters. The molecule has 0 radical (unpaired) electrons. The summed E-state index contributed by atoms with van der Waals surface area (Å²) in [4.78, 5) is 0. The Morgan fingerprint density at radius 2 is 1.76 bits per heavy atom. The molecule has 0 unspecified atom stereocenters. The number of hydrogen-bond acceptors (Lipinski definition) is 2. The standard InChI is InChI=1S/C11H10F3N3/c12-11(13,14)10-5-6-16-17(10)9-3-1-8(7-15)2-4-9/h1-6H,7,15H2. The fourth-order valence-electron chi connectivity index (χ4n) is 1.50. The van der Waals surface area contributed by atoms with Crippen LogP contribution in [0.4, 0.5) is 13.2 Å². The van der Waals surface area contributed by atoms with Gasteiger partial charge in [0.05, 0.1) is 11.9 Å². The maximum absolute atomic E-state index is 12.6. The van der Waals surface area contributed by atoms with Gasteiger partial charge in [0.1, 0.15) is 5.69 Å². The van der Waals surface area contributed by atoms with Gasteiger partial charge in [0, 0.05) is 6.54 Å². The number of hydrogen-bond donors (Lipinski definition) is 1. The predicted molar refractivity (Wildman–Crippen MR) is 56.5 cm³/mol. The molecule has 1 aromatic carbocycles. The van der Waals surface area contributed by atoms with Crippen LogP contribution in [0.5, 0.6) is 0 Å². The van der Waals surface area contributed by atoms with Crippen molar-refractivity contribution >= 4 is 0 Å². The highest BCUT2D eigenvalue weighted by molar-refractivity contribution is 5.35. The fraction of sp³-hybridized carbons (Fsp3) is 0.182. The predicted octanol–water partition coefficient (Wildman–Crippen LogP) is 2.35. The Bertz CT molecular complexity index is 499. The molecule has 0 aliphatic carbocycles. The van der Waals surface area contributed by atoms with E-state index in [0.717, 1.165) is 22.5 Å². The van der Waals surface area contributed by atoms with Gasteiger partial charge in [-0.05, 0) is 23.8 Å². The van der Waals surface area contributed by atoms with Crippen LogP contribution in [-0.4, -0.2) is 9.78 Å². The van der Waals surface area contributed by atoms with Crippen LogP contribution < -0.4 is 5.73 Å². The highest BCUT2D eigenvalue weighted by Gasteiger charge is 2.35. The van der Waals surface area contributed by atoms with Crippen molar-refractivity contribution < 1.29 is 13.2 Å². The van der Waals surface area contributed by atoms with Gasteiger partial charge < -0.3 is 5.73 Å². The second-order valence-corrected chi connectivity index (χ2v) is 3.50. The second-order valence-electron chi connectivity index (χ2n) is 3.50. The second kappa shape index (κ2) is 4.21. The van der Waals surface area contributed by atoms with Crippen LogP contribution >= 0.6 is 0 Å². The minimum absolute atomic E-state index is 0.353. The molecule has 3 nitrogen and oxygen atoms in total. The van der Waals surface area contributed by atoms with E-state index in [1.807, 2.05) is 0 Å². The molecule has 0 amide bonds. The summed E-state index contributed by atoms with van der Waals surface area (Å²) in [6.45, 7) is 0.353. The van der Waals surface area contributed by atoms with Gasteiger partial charge in [-0.25, -0.2) is 4.68 Å². The van der Waals surface area contributed by atoms with Gasteiger partial charge in [-0.15, -0.1) is 0 Å². The summed E-state index contributed by atoms with van der Waals surface area (Å²) in [5.74, 6) is 0. The Hall–Kier alpha value is -1.82. The van der Waals surface area contributed by atoms with Crippen molar-refractivity contribution in [1.29, 1.82) is 0 Å². The first-order chi connectivity index (χ1) is 8.02.